The number of hydrogen-bond acceptors (Lipinski definition) is 3. The first kappa shape index (κ1) is 14.4. The van der Waals surface area contributed by atoms with Gasteiger partial charge in [-0.3, -0.25) is 0 Å². The molecule has 0 radical (unpaired) electrons. The third-order valence-corrected chi connectivity index (χ3v) is 4.43. The van der Waals surface area contributed by atoms with Crippen molar-refractivity contribution in [2.45, 2.75) is 44.8 Å². The van der Waals surface area contributed by atoms with Gasteiger partial charge in [0.15, 0.2) is 0 Å². The normalized spacial score (nSPS) is 16.3. The Morgan fingerprint density at radius 3 is 2.79 bits per heavy atom. The molecule has 3 heteroatoms. The van der Waals surface area contributed by atoms with Gasteiger partial charge >= 0.3 is 0 Å². The molecule has 1 atom stereocenters. The second-order valence-electron chi connectivity index (χ2n) is 6.14. The number of aryl methyl sites for hydroxylation is 1. The predicted octanol–water partition coefficient (Wildman–Crippen LogP) is 2.26. The minimum Gasteiger partial charge on any atom is -0.493 e. The summed E-state index contributed by atoms with van der Waals surface area (Å²) >= 11 is 0. The standard InChI is InChI=1S/C16H25NO2/c1-16(2,17(3)4)15(18)8-6-12-5-7-14-13(11-12)9-10-19-14/h5,7,11,15,18H,6,8-10H2,1-4H3. The van der Waals surface area contributed by atoms with Crippen LogP contribution in [0.25, 0.3) is 0 Å². The number of ether oxygens (including phenoxy) is 1. The van der Waals surface area contributed by atoms with E-state index in [9.17, 15) is 5.11 Å². The molecule has 0 spiro atoms. The van der Waals surface area contributed by atoms with E-state index in [1.54, 1.807) is 0 Å². The number of aliphatic hydroxyl groups is 1. The number of fused-ring (bicyclic) bond motifs is 1. The van der Waals surface area contributed by atoms with E-state index < -0.39 is 0 Å². The van der Waals surface area contributed by atoms with Gasteiger partial charge in [-0.2, -0.15) is 0 Å². The number of likely N-dealkylation sites (N-methyl/N-ethyl adjacent to an activating group) is 1. The number of hydrogen-bond donors (Lipinski definition) is 1. The van der Waals surface area contributed by atoms with Crippen molar-refractivity contribution in [3.8, 4) is 5.75 Å². The summed E-state index contributed by atoms with van der Waals surface area (Å²) in [6.45, 7) is 4.96. The van der Waals surface area contributed by atoms with Crippen molar-refractivity contribution in [1.82, 2.24) is 4.90 Å². The summed E-state index contributed by atoms with van der Waals surface area (Å²) < 4.78 is 5.51. The molecule has 19 heavy (non-hydrogen) atoms. The van der Waals surface area contributed by atoms with Crippen LogP contribution < -0.4 is 4.74 Å². The van der Waals surface area contributed by atoms with Gasteiger partial charge in [0.2, 0.25) is 0 Å². The lowest BCUT2D eigenvalue weighted by molar-refractivity contribution is 0.0127. The van der Waals surface area contributed by atoms with Gasteiger partial charge in [0, 0.05) is 12.0 Å². The molecular weight excluding hydrogens is 238 g/mol. The lowest BCUT2D eigenvalue weighted by Gasteiger charge is -2.37. The molecular formula is C16H25NO2. The Morgan fingerprint density at radius 2 is 2.11 bits per heavy atom. The van der Waals surface area contributed by atoms with Gasteiger partial charge in [0.05, 0.1) is 12.7 Å². The second kappa shape index (κ2) is 5.51. The molecule has 106 valence electrons. The van der Waals surface area contributed by atoms with E-state index in [4.69, 9.17) is 4.74 Å². The lowest BCUT2D eigenvalue weighted by Crippen LogP contribution is -2.48. The average molecular weight is 263 g/mol. The minimum atomic E-state index is -0.327. The molecule has 0 saturated carbocycles. The molecule has 1 N–H and O–H groups in total. The van der Waals surface area contributed by atoms with Gasteiger partial charge in [-0.1, -0.05) is 12.1 Å². The Bertz CT molecular complexity index is 440. The Hall–Kier alpha value is -1.06. The number of nitrogens with zero attached hydrogens (tertiary/aromatic N) is 1. The average Bonchev–Trinajstić information content (AvgIpc) is 2.82. The van der Waals surface area contributed by atoms with Crippen molar-refractivity contribution in [2.24, 2.45) is 0 Å². The summed E-state index contributed by atoms with van der Waals surface area (Å²) in [5.74, 6) is 1.03. The van der Waals surface area contributed by atoms with Gasteiger partial charge in [-0.15, -0.1) is 0 Å². The molecule has 2 rings (SSSR count). The largest absolute Gasteiger partial charge is 0.493 e. The molecule has 3 nitrogen and oxygen atoms in total. The topological polar surface area (TPSA) is 32.7 Å². The molecule has 1 aromatic rings. The van der Waals surface area contributed by atoms with Crippen LogP contribution in [0.4, 0.5) is 0 Å². The highest BCUT2D eigenvalue weighted by Gasteiger charge is 2.29. The monoisotopic (exact) mass is 263 g/mol. The summed E-state index contributed by atoms with van der Waals surface area (Å²) in [5.41, 5.74) is 2.40. The van der Waals surface area contributed by atoms with Gasteiger partial charge in [-0.25, -0.2) is 0 Å². The summed E-state index contributed by atoms with van der Waals surface area (Å²) in [7, 11) is 4.02. The smallest absolute Gasteiger partial charge is 0.122 e. The molecule has 0 amide bonds. The van der Waals surface area contributed by atoms with E-state index in [2.05, 4.69) is 36.9 Å². The number of benzene rings is 1. The molecule has 1 aliphatic heterocycles. The van der Waals surface area contributed by atoms with Crippen LogP contribution in [0.1, 0.15) is 31.4 Å². The van der Waals surface area contributed by atoms with E-state index >= 15 is 0 Å². The maximum absolute atomic E-state index is 10.3. The van der Waals surface area contributed by atoms with Crippen LogP contribution in [0, 0.1) is 0 Å². The molecule has 0 fully saturated rings. The molecule has 0 aliphatic carbocycles. The Labute approximate surface area is 116 Å². The molecule has 1 aliphatic rings. The molecule has 1 heterocycles. The van der Waals surface area contributed by atoms with Crippen molar-refractivity contribution in [3.63, 3.8) is 0 Å². The number of aliphatic hydroxyl groups excluding tert-OH is 1. The fourth-order valence-corrected chi connectivity index (χ4v) is 2.35. The fraction of sp³-hybridized carbons (Fsp3) is 0.625. The van der Waals surface area contributed by atoms with Crippen LogP contribution in [0.2, 0.25) is 0 Å². The van der Waals surface area contributed by atoms with Crippen molar-refractivity contribution >= 4 is 0 Å². The van der Waals surface area contributed by atoms with Gasteiger partial charge < -0.3 is 14.7 Å². The predicted molar refractivity (Wildman–Crippen MR) is 77.7 cm³/mol. The van der Waals surface area contributed by atoms with Gasteiger partial charge in [0.1, 0.15) is 5.75 Å². The van der Waals surface area contributed by atoms with E-state index in [0.29, 0.717) is 0 Å². The highest BCUT2D eigenvalue weighted by Crippen LogP contribution is 2.27. The highest BCUT2D eigenvalue weighted by atomic mass is 16.5. The maximum atomic E-state index is 10.3. The third kappa shape index (κ3) is 3.10. The lowest BCUT2D eigenvalue weighted by atomic mass is 9.91. The van der Waals surface area contributed by atoms with Gasteiger partial charge in [-0.05, 0) is 58.0 Å². The Balaban J connectivity index is 1.96. The first-order valence-electron chi connectivity index (χ1n) is 7.01. The zero-order valence-electron chi connectivity index (χ0n) is 12.4. The van der Waals surface area contributed by atoms with Crippen molar-refractivity contribution in [3.05, 3.63) is 29.3 Å². The summed E-state index contributed by atoms with van der Waals surface area (Å²) in [6.07, 6.45) is 2.37. The van der Waals surface area contributed by atoms with E-state index in [-0.39, 0.29) is 11.6 Å². The highest BCUT2D eigenvalue weighted by molar-refractivity contribution is 5.39. The summed E-state index contributed by atoms with van der Waals surface area (Å²) in [4.78, 5) is 2.08. The zero-order valence-corrected chi connectivity index (χ0v) is 12.4. The van der Waals surface area contributed by atoms with Crippen LogP contribution >= 0.6 is 0 Å². The zero-order chi connectivity index (χ0) is 14.0. The summed E-state index contributed by atoms with van der Waals surface area (Å²) in [5, 5.41) is 10.3. The van der Waals surface area contributed by atoms with Crippen LogP contribution in [-0.2, 0) is 12.8 Å². The van der Waals surface area contributed by atoms with Crippen molar-refractivity contribution in [1.29, 1.82) is 0 Å². The third-order valence-electron chi connectivity index (χ3n) is 4.43. The SMILES string of the molecule is CN(C)C(C)(C)C(O)CCc1ccc2c(c1)CCO2. The molecule has 1 aromatic carbocycles. The summed E-state index contributed by atoms with van der Waals surface area (Å²) in [6, 6.07) is 6.39. The first-order chi connectivity index (χ1) is 8.91. The number of rotatable bonds is 5. The van der Waals surface area contributed by atoms with Crippen LogP contribution in [0.3, 0.4) is 0 Å². The van der Waals surface area contributed by atoms with E-state index in [1.807, 2.05) is 14.1 Å². The Morgan fingerprint density at radius 1 is 1.37 bits per heavy atom. The van der Waals surface area contributed by atoms with E-state index in [1.165, 1.54) is 11.1 Å². The van der Waals surface area contributed by atoms with Crippen molar-refractivity contribution in [2.75, 3.05) is 20.7 Å². The quantitative estimate of drug-likeness (QED) is 0.884. The van der Waals surface area contributed by atoms with Crippen LogP contribution in [0.5, 0.6) is 5.75 Å². The molecule has 0 saturated heterocycles. The molecule has 1 unspecified atom stereocenters. The second-order valence-corrected chi connectivity index (χ2v) is 6.14. The molecule has 0 bridgehead atoms. The fourth-order valence-electron chi connectivity index (χ4n) is 2.35. The van der Waals surface area contributed by atoms with Crippen LogP contribution in [-0.4, -0.2) is 42.4 Å². The van der Waals surface area contributed by atoms with Crippen molar-refractivity contribution < 1.29 is 9.84 Å². The maximum Gasteiger partial charge on any atom is 0.122 e. The van der Waals surface area contributed by atoms with Gasteiger partial charge in [0.25, 0.3) is 0 Å². The Kier molecular flexibility index (Phi) is 4.16. The molecule has 0 aromatic heterocycles. The van der Waals surface area contributed by atoms with Crippen LogP contribution in [0.15, 0.2) is 18.2 Å². The van der Waals surface area contributed by atoms with E-state index in [0.717, 1.165) is 31.6 Å². The minimum absolute atomic E-state index is 0.195. The first-order valence-corrected chi connectivity index (χ1v) is 7.01.